The molecule has 1 N–H and O–H groups in total. The van der Waals surface area contributed by atoms with Crippen molar-refractivity contribution in [3.05, 3.63) is 52.4 Å². The second-order valence-corrected chi connectivity index (χ2v) is 9.31. The second kappa shape index (κ2) is 6.55. The van der Waals surface area contributed by atoms with E-state index in [1.807, 2.05) is 0 Å². The third-order valence-electron chi connectivity index (χ3n) is 5.49. The first kappa shape index (κ1) is 18.4. The molecule has 0 radical (unpaired) electrons. The molecule has 5 heteroatoms. The fourth-order valence-corrected chi connectivity index (χ4v) is 4.64. The Kier molecular flexibility index (Phi) is 4.46. The first-order chi connectivity index (χ1) is 12.8. The average Bonchev–Trinajstić information content (AvgIpc) is 2.97. The van der Waals surface area contributed by atoms with Gasteiger partial charge in [0.05, 0.1) is 11.2 Å². The number of nitrogens with one attached hydrogen (secondary N) is 1. The fourth-order valence-electron chi connectivity index (χ4n) is 4.24. The molecule has 0 bridgehead atoms. The molecule has 1 aliphatic carbocycles. The maximum absolute atomic E-state index is 12.9. The summed E-state index contributed by atoms with van der Waals surface area (Å²) in [6.45, 7) is 8.56. The first-order valence-electron chi connectivity index (χ1n) is 9.58. The molecule has 4 rings (SSSR count). The highest BCUT2D eigenvalue weighted by Gasteiger charge is 2.39. The van der Waals surface area contributed by atoms with E-state index in [0.717, 1.165) is 41.2 Å². The zero-order chi connectivity index (χ0) is 19.3. The first-order valence-corrected chi connectivity index (χ1v) is 10.8. The second-order valence-electron chi connectivity index (χ2n) is 8.43. The Morgan fingerprint density at radius 3 is 2.52 bits per heavy atom. The molecule has 1 aromatic carbocycles. The number of aryl methyl sites for hydroxylation is 1. The van der Waals surface area contributed by atoms with Crippen molar-refractivity contribution in [2.75, 3.05) is 11.6 Å². The summed E-state index contributed by atoms with van der Waals surface area (Å²) in [6.07, 6.45) is 4.57. The van der Waals surface area contributed by atoms with Gasteiger partial charge in [-0.2, -0.15) is 5.10 Å². The van der Waals surface area contributed by atoms with Crippen molar-refractivity contribution >= 4 is 23.4 Å². The number of carbonyl (C=O) groups is 1. The van der Waals surface area contributed by atoms with Gasteiger partial charge in [-0.25, -0.2) is 4.68 Å². The van der Waals surface area contributed by atoms with Gasteiger partial charge in [0, 0.05) is 34.1 Å². The number of fused-ring (bicyclic) bond motifs is 1. The van der Waals surface area contributed by atoms with Crippen LogP contribution in [0, 0.1) is 6.92 Å². The summed E-state index contributed by atoms with van der Waals surface area (Å²) in [7, 11) is 0. The lowest BCUT2D eigenvalue weighted by Crippen LogP contribution is -2.30. The fraction of sp³-hybridized carbons (Fsp3) is 0.455. The Hall–Kier alpha value is -2.01. The maximum atomic E-state index is 12.9. The van der Waals surface area contributed by atoms with Crippen molar-refractivity contribution in [1.29, 1.82) is 0 Å². The van der Waals surface area contributed by atoms with Crippen LogP contribution in [0.15, 0.2) is 40.4 Å². The lowest BCUT2D eigenvalue weighted by Gasteiger charge is -2.34. The van der Waals surface area contributed by atoms with Gasteiger partial charge in [-0.3, -0.25) is 4.79 Å². The topological polar surface area (TPSA) is 46.9 Å². The summed E-state index contributed by atoms with van der Waals surface area (Å²) in [5.74, 6) is 1.29. The number of thioether (sulfide) groups is 1. The number of benzene rings is 1. The Labute approximate surface area is 165 Å². The van der Waals surface area contributed by atoms with Crippen molar-refractivity contribution < 1.29 is 4.79 Å². The van der Waals surface area contributed by atoms with Gasteiger partial charge in [-0.05, 0) is 64.5 Å². The maximum Gasteiger partial charge on any atom is 0.161 e. The van der Waals surface area contributed by atoms with Crippen LogP contribution in [0.5, 0.6) is 0 Å². The number of anilines is 1. The van der Waals surface area contributed by atoms with Crippen molar-refractivity contribution in [3.63, 3.8) is 0 Å². The molecule has 1 atom stereocenters. The van der Waals surface area contributed by atoms with E-state index < -0.39 is 0 Å². The summed E-state index contributed by atoms with van der Waals surface area (Å²) < 4.78 is 2.09. The van der Waals surface area contributed by atoms with Gasteiger partial charge in [-0.15, -0.1) is 11.8 Å². The summed E-state index contributed by atoms with van der Waals surface area (Å²) in [6, 6.07) is 8.65. The van der Waals surface area contributed by atoms with Gasteiger partial charge >= 0.3 is 0 Å². The number of aromatic nitrogens is 2. The van der Waals surface area contributed by atoms with Crippen LogP contribution in [-0.4, -0.2) is 21.8 Å². The van der Waals surface area contributed by atoms with Gasteiger partial charge in [0.2, 0.25) is 0 Å². The van der Waals surface area contributed by atoms with Crippen molar-refractivity contribution in [2.45, 2.75) is 63.3 Å². The normalized spacial score (nSPS) is 19.6. The SMILES string of the molecule is CSc1ccc([C@H]2C3=C(CCCC3=O)Nc3c2c(C)nn3C(C)(C)C)cc1. The quantitative estimate of drug-likeness (QED) is 0.723. The lowest BCUT2D eigenvalue weighted by molar-refractivity contribution is -0.116. The Bertz CT molecular complexity index is 932. The number of Topliss-reactive ketones (excluding diaryl/α,β-unsaturated/α-hetero) is 1. The van der Waals surface area contributed by atoms with E-state index in [1.165, 1.54) is 10.5 Å². The van der Waals surface area contributed by atoms with Crippen molar-refractivity contribution in [1.82, 2.24) is 9.78 Å². The molecular weight excluding hydrogens is 354 g/mol. The summed E-state index contributed by atoms with van der Waals surface area (Å²) in [4.78, 5) is 14.2. The van der Waals surface area contributed by atoms with E-state index in [2.05, 4.69) is 68.2 Å². The Morgan fingerprint density at radius 1 is 1.19 bits per heavy atom. The van der Waals surface area contributed by atoms with E-state index in [0.29, 0.717) is 6.42 Å². The highest BCUT2D eigenvalue weighted by molar-refractivity contribution is 7.98. The van der Waals surface area contributed by atoms with E-state index in [-0.39, 0.29) is 17.2 Å². The van der Waals surface area contributed by atoms with Crippen LogP contribution in [0.2, 0.25) is 0 Å². The summed E-state index contributed by atoms with van der Waals surface area (Å²) >= 11 is 1.74. The van der Waals surface area contributed by atoms with Gasteiger partial charge in [0.25, 0.3) is 0 Å². The Morgan fingerprint density at radius 2 is 1.89 bits per heavy atom. The Balaban J connectivity index is 1.95. The number of hydrogen-bond acceptors (Lipinski definition) is 4. The molecule has 2 heterocycles. The molecule has 1 aliphatic heterocycles. The molecule has 0 fully saturated rings. The van der Waals surface area contributed by atoms with Gasteiger partial charge < -0.3 is 5.32 Å². The number of hydrogen-bond donors (Lipinski definition) is 1. The number of carbonyl (C=O) groups excluding carboxylic acids is 1. The van der Waals surface area contributed by atoms with E-state index in [4.69, 9.17) is 5.10 Å². The molecule has 0 saturated heterocycles. The molecule has 1 aromatic heterocycles. The van der Waals surface area contributed by atoms with E-state index in [1.54, 1.807) is 11.8 Å². The molecule has 0 unspecified atom stereocenters. The van der Waals surface area contributed by atoms with Crippen LogP contribution < -0.4 is 5.32 Å². The van der Waals surface area contributed by atoms with Gasteiger partial charge in [0.15, 0.2) is 5.78 Å². The third-order valence-corrected chi connectivity index (χ3v) is 6.24. The van der Waals surface area contributed by atoms with Crippen molar-refractivity contribution in [3.8, 4) is 0 Å². The molecule has 0 spiro atoms. The van der Waals surface area contributed by atoms with Gasteiger partial charge in [-0.1, -0.05) is 12.1 Å². The van der Waals surface area contributed by atoms with Crippen LogP contribution in [-0.2, 0) is 10.3 Å². The summed E-state index contributed by atoms with van der Waals surface area (Å²) in [5.41, 5.74) is 5.22. The van der Waals surface area contributed by atoms with E-state index >= 15 is 0 Å². The minimum absolute atomic E-state index is 0.0314. The minimum atomic E-state index is -0.130. The predicted molar refractivity (Wildman–Crippen MR) is 112 cm³/mol. The largest absolute Gasteiger partial charge is 0.343 e. The monoisotopic (exact) mass is 381 g/mol. The minimum Gasteiger partial charge on any atom is -0.343 e. The zero-order valence-electron chi connectivity index (χ0n) is 16.7. The van der Waals surface area contributed by atoms with Crippen LogP contribution >= 0.6 is 11.8 Å². The third kappa shape index (κ3) is 3.02. The molecule has 2 aromatic rings. The summed E-state index contributed by atoms with van der Waals surface area (Å²) in [5, 5.41) is 8.47. The number of allylic oxidation sites excluding steroid dienone is 2. The number of rotatable bonds is 2. The van der Waals surface area contributed by atoms with Crippen LogP contribution in [0.25, 0.3) is 0 Å². The van der Waals surface area contributed by atoms with Crippen LogP contribution in [0.3, 0.4) is 0 Å². The van der Waals surface area contributed by atoms with Crippen LogP contribution in [0.1, 0.15) is 62.8 Å². The van der Waals surface area contributed by atoms with Gasteiger partial charge in [0.1, 0.15) is 5.82 Å². The molecule has 0 amide bonds. The smallest absolute Gasteiger partial charge is 0.161 e. The van der Waals surface area contributed by atoms with Crippen molar-refractivity contribution in [2.24, 2.45) is 0 Å². The highest BCUT2D eigenvalue weighted by atomic mass is 32.2. The standard InChI is InChI=1S/C22H27N3OS/c1-13-18-19(14-9-11-15(27-5)12-10-14)20-16(7-6-8-17(20)26)23-21(18)25(24-13)22(2,3)4/h9-12,19,23H,6-8H2,1-5H3/t19-/m1/s1. The van der Waals surface area contributed by atoms with Crippen LogP contribution in [0.4, 0.5) is 5.82 Å². The molecule has 27 heavy (non-hydrogen) atoms. The highest BCUT2D eigenvalue weighted by Crippen LogP contribution is 2.47. The molecule has 4 nitrogen and oxygen atoms in total. The lowest BCUT2D eigenvalue weighted by atomic mass is 9.76. The average molecular weight is 382 g/mol. The number of ketones is 1. The molecular formula is C22H27N3OS. The number of nitrogens with zero attached hydrogens (tertiary/aromatic N) is 2. The molecule has 0 saturated carbocycles. The molecule has 142 valence electrons. The molecule has 2 aliphatic rings. The zero-order valence-corrected chi connectivity index (χ0v) is 17.5. The predicted octanol–water partition coefficient (Wildman–Crippen LogP) is 5.23. The van der Waals surface area contributed by atoms with E-state index in [9.17, 15) is 4.79 Å².